The Morgan fingerprint density at radius 2 is 1.83 bits per heavy atom. The third-order valence-electron chi connectivity index (χ3n) is 1.14. The Labute approximate surface area is 85.4 Å². The molecule has 3 heteroatoms. The molecule has 0 bridgehead atoms. The molecule has 2 heterocycles. The highest BCUT2D eigenvalue weighted by Crippen LogP contribution is 2.09. The highest BCUT2D eigenvalue weighted by atomic mass is 35.5. The zero-order valence-electron chi connectivity index (χ0n) is 6.44. The molecule has 12 heavy (non-hydrogen) atoms. The Bertz CT molecular complexity index is 243. The van der Waals surface area contributed by atoms with Crippen molar-refractivity contribution >= 4 is 34.3 Å². The minimum Gasteiger partial charge on any atom is -0.152 e. The van der Waals surface area contributed by atoms with Crippen molar-refractivity contribution in [3.05, 3.63) is 45.3 Å². The molecule has 0 saturated carbocycles. The third-order valence-corrected chi connectivity index (χ3v) is 3.09. The largest absolute Gasteiger partial charge is 0.152 e. The van der Waals surface area contributed by atoms with Crippen molar-refractivity contribution in [3.63, 3.8) is 0 Å². The molecule has 0 radical (unpaired) electrons. The van der Waals surface area contributed by atoms with E-state index < -0.39 is 0 Å². The summed E-state index contributed by atoms with van der Waals surface area (Å²) < 4.78 is 0. The van der Waals surface area contributed by atoms with Gasteiger partial charge in [-0.15, -0.1) is 22.9 Å². The second kappa shape index (κ2) is 6.23. The molecule has 2 aromatic rings. The quantitative estimate of drug-likeness (QED) is 0.626. The number of hydrogen-bond acceptors (Lipinski definition) is 2. The van der Waals surface area contributed by atoms with Crippen LogP contribution in [-0.4, -0.2) is 0 Å². The number of rotatable bonds is 1. The molecule has 0 spiro atoms. The van der Waals surface area contributed by atoms with E-state index in [4.69, 9.17) is 11.6 Å². The maximum absolute atomic E-state index is 5.48. The van der Waals surface area contributed by atoms with Gasteiger partial charge in [-0.2, -0.15) is 11.3 Å². The highest BCUT2D eigenvalue weighted by molar-refractivity contribution is 7.10. The van der Waals surface area contributed by atoms with Crippen LogP contribution in [0.3, 0.4) is 0 Å². The van der Waals surface area contributed by atoms with Gasteiger partial charge in [-0.3, -0.25) is 0 Å². The van der Waals surface area contributed by atoms with Crippen LogP contribution in [0.4, 0.5) is 0 Å². The van der Waals surface area contributed by atoms with Gasteiger partial charge in [0, 0.05) is 4.88 Å². The number of thiophene rings is 2. The van der Waals surface area contributed by atoms with Crippen molar-refractivity contribution in [1.29, 1.82) is 0 Å². The first kappa shape index (κ1) is 9.78. The van der Waals surface area contributed by atoms with E-state index >= 15 is 0 Å². The molecule has 0 atom stereocenters. The van der Waals surface area contributed by atoms with Gasteiger partial charge in [-0.1, -0.05) is 18.2 Å². The smallest absolute Gasteiger partial charge is 0.0568 e. The molecule has 0 aliphatic carbocycles. The van der Waals surface area contributed by atoms with Crippen LogP contribution in [0.15, 0.2) is 40.4 Å². The minimum absolute atomic E-state index is 0.650. The summed E-state index contributed by atoms with van der Waals surface area (Å²) in [5, 5.41) is 6.11. The Morgan fingerprint density at radius 1 is 1.08 bits per heavy atom. The molecule has 0 aliphatic heterocycles. The van der Waals surface area contributed by atoms with Crippen LogP contribution in [-0.2, 0) is 5.88 Å². The lowest BCUT2D eigenvalue weighted by molar-refractivity contribution is 1.53. The van der Waals surface area contributed by atoms with Gasteiger partial charge in [0.25, 0.3) is 0 Å². The second-order valence-electron chi connectivity index (χ2n) is 2.01. The van der Waals surface area contributed by atoms with Gasteiger partial charge in [0.05, 0.1) is 5.88 Å². The molecule has 0 aliphatic rings. The van der Waals surface area contributed by atoms with E-state index in [9.17, 15) is 0 Å². The zero-order valence-corrected chi connectivity index (χ0v) is 8.83. The summed E-state index contributed by atoms with van der Waals surface area (Å²) in [5.74, 6) is 0.650. The monoisotopic (exact) mass is 216 g/mol. The van der Waals surface area contributed by atoms with Crippen LogP contribution in [0.25, 0.3) is 0 Å². The third kappa shape index (κ3) is 3.90. The van der Waals surface area contributed by atoms with Crippen molar-refractivity contribution < 1.29 is 0 Å². The van der Waals surface area contributed by atoms with Gasteiger partial charge < -0.3 is 0 Å². The fraction of sp³-hybridized carbons (Fsp3) is 0.111. The lowest BCUT2D eigenvalue weighted by atomic mass is 10.5. The molecular weight excluding hydrogens is 208 g/mol. The van der Waals surface area contributed by atoms with Crippen LogP contribution >= 0.6 is 34.3 Å². The van der Waals surface area contributed by atoms with E-state index in [1.165, 1.54) is 4.88 Å². The van der Waals surface area contributed by atoms with Gasteiger partial charge >= 0.3 is 0 Å². The molecule has 0 saturated heterocycles. The Hall–Kier alpha value is -0.310. The lowest BCUT2D eigenvalue weighted by Crippen LogP contribution is -1.58. The Kier molecular flexibility index (Phi) is 5.08. The molecule has 0 N–H and O–H groups in total. The van der Waals surface area contributed by atoms with Crippen LogP contribution in [0.2, 0.25) is 0 Å². The van der Waals surface area contributed by atoms with Gasteiger partial charge in [-0.05, 0) is 22.2 Å². The number of alkyl halides is 1. The molecule has 0 nitrogen and oxygen atoms in total. The first-order chi connectivity index (χ1) is 5.93. The first-order valence-corrected chi connectivity index (χ1v) is 5.84. The average Bonchev–Trinajstić information content (AvgIpc) is 2.81. The Morgan fingerprint density at radius 3 is 2.08 bits per heavy atom. The van der Waals surface area contributed by atoms with Crippen molar-refractivity contribution in [1.82, 2.24) is 0 Å². The van der Waals surface area contributed by atoms with Gasteiger partial charge in [-0.25, -0.2) is 0 Å². The zero-order chi connectivity index (χ0) is 8.65. The van der Waals surface area contributed by atoms with Gasteiger partial charge in [0.2, 0.25) is 0 Å². The maximum atomic E-state index is 5.48. The summed E-state index contributed by atoms with van der Waals surface area (Å²) in [6, 6.07) is 8.06. The predicted molar refractivity (Wildman–Crippen MR) is 58.2 cm³/mol. The summed E-state index contributed by atoms with van der Waals surface area (Å²) in [4.78, 5) is 1.24. The SMILES string of the molecule is ClCc1cccs1.c1ccsc1. The van der Waals surface area contributed by atoms with E-state index in [1.54, 1.807) is 22.7 Å². The molecule has 0 fully saturated rings. The second-order valence-corrected chi connectivity index (χ2v) is 4.12. The summed E-state index contributed by atoms with van der Waals surface area (Å²) >= 11 is 8.88. The van der Waals surface area contributed by atoms with Crippen LogP contribution in [0.1, 0.15) is 4.88 Å². The molecule has 2 aromatic heterocycles. The fourth-order valence-corrected chi connectivity index (χ4v) is 1.90. The lowest BCUT2D eigenvalue weighted by Gasteiger charge is -1.76. The van der Waals surface area contributed by atoms with Gasteiger partial charge in [0.15, 0.2) is 0 Å². The van der Waals surface area contributed by atoms with Crippen molar-refractivity contribution in [2.75, 3.05) is 0 Å². The summed E-state index contributed by atoms with van der Waals surface area (Å²) in [7, 11) is 0. The molecule has 0 aromatic carbocycles. The van der Waals surface area contributed by atoms with Gasteiger partial charge in [0.1, 0.15) is 0 Å². The molecular formula is C9H9ClS2. The van der Waals surface area contributed by atoms with Crippen molar-refractivity contribution in [3.8, 4) is 0 Å². The van der Waals surface area contributed by atoms with Crippen LogP contribution in [0.5, 0.6) is 0 Å². The average molecular weight is 217 g/mol. The predicted octanol–water partition coefficient (Wildman–Crippen LogP) is 4.24. The molecule has 2 rings (SSSR count). The van der Waals surface area contributed by atoms with E-state index in [2.05, 4.69) is 0 Å². The summed E-state index contributed by atoms with van der Waals surface area (Å²) in [5.41, 5.74) is 0. The highest BCUT2D eigenvalue weighted by Gasteiger charge is 1.84. The van der Waals surface area contributed by atoms with Crippen molar-refractivity contribution in [2.24, 2.45) is 0 Å². The standard InChI is InChI=1S/C5H5ClS.C4H4S/c6-4-5-2-1-3-7-5;1-2-4-5-3-1/h1-3H,4H2;1-4H. The molecule has 0 amide bonds. The normalized spacial score (nSPS) is 8.75. The topological polar surface area (TPSA) is 0 Å². The number of hydrogen-bond donors (Lipinski definition) is 0. The Balaban J connectivity index is 0.000000127. The molecule has 0 unspecified atom stereocenters. The fourth-order valence-electron chi connectivity index (χ4n) is 0.615. The maximum Gasteiger partial charge on any atom is 0.0568 e. The van der Waals surface area contributed by atoms with Crippen LogP contribution in [0, 0.1) is 0 Å². The number of halogens is 1. The van der Waals surface area contributed by atoms with E-state index in [0.717, 1.165) is 0 Å². The molecule has 64 valence electrons. The minimum atomic E-state index is 0.650. The van der Waals surface area contributed by atoms with Crippen molar-refractivity contribution in [2.45, 2.75) is 5.88 Å². The van der Waals surface area contributed by atoms with E-state index in [-0.39, 0.29) is 0 Å². The summed E-state index contributed by atoms with van der Waals surface area (Å²) in [6.45, 7) is 0. The summed E-state index contributed by atoms with van der Waals surface area (Å²) in [6.07, 6.45) is 0. The van der Waals surface area contributed by atoms with E-state index in [1.807, 2.05) is 40.4 Å². The first-order valence-electron chi connectivity index (χ1n) is 3.49. The van der Waals surface area contributed by atoms with Crippen LogP contribution < -0.4 is 0 Å². The van der Waals surface area contributed by atoms with E-state index in [0.29, 0.717) is 5.88 Å².